The summed E-state index contributed by atoms with van der Waals surface area (Å²) in [7, 11) is -2.47. The number of methoxy groups -OCH3 is 1. The van der Waals surface area contributed by atoms with Gasteiger partial charge in [0.1, 0.15) is 0 Å². The van der Waals surface area contributed by atoms with Crippen LogP contribution in [0.15, 0.2) is 76.8 Å². The van der Waals surface area contributed by atoms with Gasteiger partial charge in [-0.25, -0.2) is 13.2 Å². The zero-order valence-electron chi connectivity index (χ0n) is 15.5. The van der Waals surface area contributed by atoms with Crippen LogP contribution in [0.2, 0.25) is 0 Å². The Morgan fingerprint density at radius 2 is 1.83 bits per heavy atom. The Bertz CT molecular complexity index is 1100. The van der Waals surface area contributed by atoms with Gasteiger partial charge in [0.05, 0.1) is 16.9 Å². The van der Waals surface area contributed by atoms with Gasteiger partial charge in [-0.3, -0.25) is 4.98 Å². The summed E-state index contributed by atoms with van der Waals surface area (Å²) in [6.45, 7) is 0.314. The van der Waals surface area contributed by atoms with Gasteiger partial charge in [-0.05, 0) is 48.0 Å². The smallest absolute Gasteiger partial charge is 0.319 e. The van der Waals surface area contributed by atoms with E-state index in [1.807, 2.05) is 6.07 Å². The number of nitrogens with zero attached hydrogens (tertiary/aromatic N) is 1. The van der Waals surface area contributed by atoms with Crippen LogP contribution in [0.1, 0.15) is 5.56 Å². The van der Waals surface area contributed by atoms with E-state index in [-0.39, 0.29) is 21.3 Å². The van der Waals surface area contributed by atoms with Crippen LogP contribution in [0.4, 0.5) is 10.5 Å². The number of benzene rings is 2. The van der Waals surface area contributed by atoms with Crippen molar-refractivity contribution in [3.63, 3.8) is 0 Å². The Balaban J connectivity index is 1.68. The molecule has 150 valence electrons. The molecule has 0 aliphatic heterocycles. The number of aromatic hydroxyl groups is 1. The number of phenols is 1. The van der Waals surface area contributed by atoms with Crippen LogP contribution >= 0.6 is 0 Å². The summed E-state index contributed by atoms with van der Waals surface area (Å²) in [6, 6.07) is 12.8. The lowest BCUT2D eigenvalue weighted by atomic mass is 10.3. The summed E-state index contributed by atoms with van der Waals surface area (Å²) < 4.78 is 30.5. The summed E-state index contributed by atoms with van der Waals surface area (Å²) in [5, 5.41) is 15.0. The summed E-state index contributed by atoms with van der Waals surface area (Å²) >= 11 is 0. The van der Waals surface area contributed by atoms with Crippen molar-refractivity contribution in [3.8, 4) is 11.5 Å². The maximum absolute atomic E-state index is 12.8. The van der Waals surface area contributed by atoms with E-state index < -0.39 is 15.9 Å². The molecule has 0 radical (unpaired) electrons. The van der Waals surface area contributed by atoms with Crippen molar-refractivity contribution >= 4 is 21.6 Å². The van der Waals surface area contributed by atoms with Crippen molar-refractivity contribution in [3.05, 3.63) is 72.6 Å². The molecule has 0 aliphatic rings. The zero-order valence-corrected chi connectivity index (χ0v) is 16.3. The molecule has 0 unspecified atom stereocenters. The van der Waals surface area contributed by atoms with E-state index in [1.165, 1.54) is 49.6 Å². The monoisotopic (exact) mass is 413 g/mol. The van der Waals surface area contributed by atoms with E-state index in [1.54, 1.807) is 18.5 Å². The first kappa shape index (κ1) is 20.2. The predicted octanol–water partition coefficient (Wildman–Crippen LogP) is 2.95. The highest BCUT2D eigenvalue weighted by Crippen LogP contribution is 2.31. The topological polar surface area (TPSA) is 118 Å². The molecule has 0 spiro atoms. The number of carbonyl (C=O) groups excluding carboxylic acids is 1. The molecule has 1 heterocycles. The number of hydrogen-bond donors (Lipinski definition) is 3. The number of aromatic nitrogens is 1. The van der Waals surface area contributed by atoms with E-state index in [0.717, 1.165) is 5.56 Å². The average Bonchev–Trinajstić information content (AvgIpc) is 2.73. The molecule has 0 aliphatic carbocycles. The fraction of sp³-hybridized carbons (Fsp3) is 0.100. The first-order valence-electron chi connectivity index (χ1n) is 8.56. The summed E-state index contributed by atoms with van der Waals surface area (Å²) in [5.74, 6) is -0.0852. The summed E-state index contributed by atoms with van der Waals surface area (Å²) in [4.78, 5) is 16.0. The number of sulfone groups is 1. The molecule has 3 N–H and O–H groups in total. The second kappa shape index (κ2) is 8.61. The van der Waals surface area contributed by atoms with Crippen molar-refractivity contribution in [1.29, 1.82) is 0 Å². The van der Waals surface area contributed by atoms with Crippen LogP contribution in [-0.4, -0.2) is 31.6 Å². The SMILES string of the molecule is COc1cc(S(=O)(=O)c2ccc(NC(=O)NCc3cccnc3)cc2)ccc1O. The molecule has 0 atom stereocenters. The van der Waals surface area contributed by atoms with Crippen LogP contribution in [0.25, 0.3) is 0 Å². The van der Waals surface area contributed by atoms with Crippen LogP contribution < -0.4 is 15.4 Å². The highest BCUT2D eigenvalue weighted by Gasteiger charge is 2.19. The van der Waals surface area contributed by atoms with Gasteiger partial charge in [0.15, 0.2) is 11.5 Å². The first-order valence-corrected chi connectivity index (χ1v) is 10.0. The number of phenolic OH excluding ortho intramolecular Hbond substituents is 1. The molecule has 2 amide bonds. The van der Waals surface area contributed by atoms with Gasteiger partial charge in [-0.1, -0.05) is 6.07 Å². The average molecular weight is 413 g/mol. The van der Waals surface area contributed by atoms with Gasteiger partial charge in [0.2, 0.25) is 9.84 Å². The van der Waals surface area contributed by atoms with E-state index in [0.29, 0.717) is 12.2 Å². The van der Waals surface area contributed by atoms with Crippen molar-refractivity contribution in [1.82, 2.24) is 10.3 Å². The van der Waals surface area contributed by atoms with Gasteiger partial charge in [0, 0.05) is 30.7 Å². The molecule has 0 saturated heterocycles. The molecule has 0 bridgehead atoms. The molecular weight excluding hydrogens is 394 g/mol. The number of carbonyl (C=O) groups is 1. The molecule has 3 aromatic rings. The van der Waals surface area contributed by atoms with E-state index in [4.69, 9.17) is 4.74 Å². The van der Waals surface area contributed by atoms with Gasteiger partial charge in [0.25, 0.3) is 0 Å². The Morgan fingerprint density at radius 1 is 1.10 bits per heavy atom. The number of anilines is 1. The number of hydrogen-bond acceptors (Lipinski definition) is 6. The lowest BCUT2D eigenvalue weighted by molar-refractivity contribution is 0.251. The fourth-order valence-corrected chi connectivity index (χ4v) is 3.81. The second-order valence-electron chi connectivity index (χ2n) is 6.03. The molecule has 1 aromatic heterocycles. The van der Waals surface area contributed by atoms with Crippen LogP contribution in [0.5, 0.6) is 11.5 Å². The molecular formula is C20H19N3O5S. The largest absolute Gasteiger partial charge is 0.504 e. The van der Waals surface area contributed by atoms with E-state index in [9.17, 15) is 18.3 Å². The first-order chi connectivity index (χ1) is 13.9. The zero-order chi connectivity index (χ0) is 20.9. The Kier molecular flexibility index (Phi) is 5.99. The van der Waals surface area contributed by atoms with Crippen molar-refractivity contribution < 1.29 is 23.1 Å². The van der Waals surface area contributed by atoms with Crippen LogP contribution in [0.3, 0.4) is 0 Å². The molecule has 0 fully saturated rings. The standard InChI is InChI=1S/C20H19N3O5S/c1-28-19-11-17(8-9-18(19)24)29(26,27)16-6-4-15(5-7-16)23-20(25)22-13-14-3-2-10-21-12-14/h2-12,24H,13H2,1H3,(H2,22,23,25). The van der Waals surface area contributed by atoms with Crippen LogP contribution in [0, 0.1) is 0 Å². The van der Waals surface area contributed by atoms with Gasteiger partial charge >= 0.3 is 6.03 Å². The number of amides is 2. The minimum absolute atomic E-state index is 0.0120. The minimum Gasteiger partial charge on any atom is -0.504 e. The molecule has 0 saturated carbocycles. The third kappa shape index (κ3) is 4.82. The Hall–Kier alpha value is -3.59. The van der Waals surface area contributed by atoms with Crippen LogP contribution in [-0.2, 0) is 16.4 Å². The maximum atomic E-state index is 12.8. The Morgan fingerprint density at radius 3 is 2.48 bits per heavy atom. The normalized spacial score (nSPS) is 10.9. The third-order valence-corrected chi connectivity index (χ3v) is 5.83. The quantitative estimate of drug-likeness (QED) is 0.572. The highest BCUT2D eigenvalue weighted by molar-refractivity contribution is 7.91. The summed E-state index contributed by atoms with van der Waals surface area (Å²) in [6.07, 6.45) is 3.30. The second-order valence-corrected chi connectivity index (χ2v) is 7.98. The third-order valence-electron chi connectivity index (χ3n) is 4.06. The molecule has 29 heavy (non-hydrogen) atoms. The molecule has 9 heteroatoms. The number of urea groups is 1. The number of rotatable bonds is 6. The predicted molar refractivity (Wildman–Crippen MR) is 107 cm³/mol. The minimum atomic E-state index is -3.81. The van der Waals surface area contributed by atoms with Gasteiger partial charge < -0.3 is 20.5 Å². The molecule has 2 aromatic carbocycles. The summed E-state index contributed by atoms with van der Waals surface area (Å²) in [5.41, 5.74) is 1.30. The highest BCUT2D eigenvalue weighted by atomic mass is 32.2. The van der Waals surface area contributed by atoms with Crippen molar-refractivity contribution in [2.75, 3.05) is 12.4 Å². The Labute approximate surface area is 168 Å². The van der Waals surface area contributed by atoms with Gasteiger partial charge in [-0.2, -0.15) is 0 Å². The van der Waals surface area contributed by atoms with Gasteiger partial charge in [-0.15, -0.1) is 0 Å². The van der Waals surface area contributed by atoms with Crippen molar-refractivity contribution in [2.45, 2.75) is 16.3 Å². The molecule has 3 rings (SSSR count). The number of pyridine rings is 1. The number of ether oxygens (including phenoxy) is 1. The number of nitrogens with one attached hydrogen (secondary N) is 2. The lowest BCUT2D eigenvalue weighted by Crippen LogP contribution is -2.28. The maximum Gasteiger partial charge on any atom is 0.319 e. The van der Waals surface area contributed by atoms with E-state index in [2.05, 4.69) is 15.6 Å². The van der Waals surface area contributed by atoms with Crippen molar-refractivity contribution in [2.24, 2.45) is 0 Å². The fourth-order valence-electron chi connectivity index (χ4n) is 2.54. The lowest BCUT2D eigenvalue weighted by Gasteiger charge is -2.10. The molecule has 8 nitrogen and oxygen atoms in total. The van der Waals surface area contributed by atoms with E-state index >= 15 is 0 Å².